The van der Waals surface area contributed by atoms with Crippen molar-refractivity contribution in [3.63, 3.8) is 0 Å². The van der Waals surface area contributed by atoms with Crippen molar-refractivity contribution in [2.24, 2.45) is 0 Å². The van der Waals surface area contributed by atoms with Crippen LogP contribution in [0.15, 0.2) is 59.2 Å². The van der Waals surface area contributed by atoms with Crippen molar-refractivity contribution >= 4 is 58.2 Å². The number of amides is 1. The molecule has 3 aromatic carbocycles. The molecule has 4 N–H and O–H groups in total. The standard InChI is InChI=1S/C20H15BClN5O6/c22-14-6-5-11(9-13(14)21(29)30)10-23-20(28)12-3-1-2-4-15(12)24-16-7-8-17(27(31)32)19-18(16)25-33-26-19/h1-9,24,29-30H,10H2,(H,23,28). The molecule has 0 unspecified atom stereocenters. The number of rotatable bonds is 7. The lowest BCUT2D eigenvalue weighted by atomic mass is 9.79. The monoisotopic (exact) mass is 467 g/mol. The minimum Gasteiger partial charge on any atom is -0.423 e. The number of nitro groups is 1. The van der Waals surface area contributed by atoms with Crippen molar-refractivity contribution in [3.05, 3.63) is 80.9 Å². The second-order valence-corrected chi connectivity index (χ2v) is 7.34. The molecule has 0 atom stereocenters. The van der Waals surface area contributed by atoms with Crippen molar-refractivity contribution in [1.29, 1.82) is 0 Å². The van der Waals surface area contributed by atoms with Gasteiger partial charge in [0.15, 0.2) is 5.52 Å². The Morgan fingerprint density at radius 2 is 1.85 bits per heavy atom. The quantitative estimate of drug-likeness (QED) is 0.181. The first-order valence-corrected chi connectivity index (χ1v) is 9.91. The largest absolute Gasteiger partial charge is 0.489 e. The first kappa shape index (κ1) is 22.2. The molecular weight excluding hydrogens is 453 g/mol. The Bertz CT molecular complexity index is 1360. The maximum atomic E-state index is 12.9. The summed E-state index contributed by atoms with van der Waals surface area (Å²) in [5.41, 5.74) is 1.73. The van der Waals surface area contributed by atoms with Gasteiger partial charge in [-0.25, -0.2) is 4.63 Å². The summed E-state index contributed by atoms with van der Waals surface area (Å²) in [5, 5.41) is 43.3. The van der Waals surface area contributed by atoms with E-state index in [0.717, 1.165) is 0 Å². The van der Waals surface area contributed by atoms with Crippen LogP contribution >= 0.6 is 11.6 Å². The Morgan fingerprint density at radius 3 is 2.61 bits per heavy atom. The number of non-ortho nitro benzene ring substituents is 1. The Balaban J connectivity index is 1.56. The predicted molar refractivity (Wildman–Crippen MR) is 121 cm³/mol. The van der Waals surface area contributed by atoms with Crippen molar-refractivity contribution in [2.45, 2.75) is 6.54 Å². The molecular formula is C20H15BClN5O6. The van der Waals surface area contributed by atoms with Gasteiger partial charge in [0.25, 0.3) is 5.91 Å². The number of hydrogen-bond acceptors (Lipinski definition) is 9. The summed E-state index contributed by atoms with van der Waals surface area (Å²) < 4.78 is 4.67. The molecule has 0 radical (unpaired) electrons. The number of nitrogens with one attached hydrogen (secondary N) is 2. The van der Waals surface area contributed by atoms with Crippen LogP contribution in [0.5, 0.6) is 0 Å². The van der Waals surface area contributed by atoms with Crippen LogP contribution in [0.25, 0.3) is 11.0 Å². The summed E-state index contributed by atoms with van der Waals surface area (Å²) in [6, 6.07) is 14.1. The van der Waals surface area contributed by atoms with E-state index >= 15 is 0 Å². The fraction of sp³-hybridized carbons (Fsp3) is 0.0500. The molecule has 4 rings (SSSR count). The first-order valence-electron chi connectivity index (χ1n) is 9.53. The number of benzene rings is 3. The summed E-state index contributed by atoms with van der Waals surface area (Å²) >= 11 is 5.94. The number of para-hydroxylation sites is 1. The van der Waals surface area contributed by atoms with E-state index in [0.29, 0.717) is 22.5 Å². The van der Waals surface area contributed by atoms with Crippen molar-refractivity contribution in [2.75, 3.05) is 5.32 Å². The topological polar surface area (TPSA) is 164 Å². The van der Waals surface area contributed by atoms with Gasteiger partial charge in [0.2, 0.25) is 5.52 Å². The van der Waals surface area contributed by atoms with E-state index in [2.05, 4.69) is 25.6 Å². The number of carbonyl (C=O) groups is 1. The molecule has 166 valence electrons. The highest BCUT2D eigenvalue weighted by atomic mass is 35.5. The summed E-state index contributed by atoms with van der Waals surface area (Å²) in [7, 11) is -1.73. The third-order valence-electron chi connectivity index (χ3n) is 4.82. The normalized spacial score (nSPS) is 10.8. The van der Waals surface area contributed by atoms with Gasteiger partial charge in [0.1, 0.15) is 0 Å². The molecule has 1 heterocycles. The van der Waals surface area contributed by atoms with E-state index in [-0.39, 0.29) is 33.8 Å². The lowest BCUT2D eigenvalue weighted by Gasteiger charge is -2.13. The maximum Gasteiger partial charge on any atom is 0.489 e. The molecule has 1 aromatic heterocycles. The summed E-state index contributed by atoms with van der Waals surface area (Å²) in [4.78, 5) is 23.5. The Morgan fingerprint density at radius 1 is 1.09 bits per heavy atom. The Hall–Kier alpha value is -4.00. The highest BCUT2D eigenvalue weighted by molar-refractivity contribution is 6.62. The maximum absolute atomic E-state index is 12.9. The van der Waals surface area contributed by atoms with Gasteiger partial charge in [-0.15, -0.1) is 0 Å². The second-order valence-electron chi connectivity index (χ2n) is 6.93. The summed E-state index contributed by atoms with van der Waals surface area (Å²) in [5.74, 6) is -0.407. The van der Waals surface area contributed by atoms with Gasteiger partial charge in [-0.2, -0.15) is 0 Å². The van der Waals surface area contributed by atoms with E-state index in [1.165, 1.54) is 24.3 Å². The molecule has 0 aliphatic carbocycles. The van der Waals surface area contributed by atoms with Gasteiger partial charge in [-0.05, 0) is 40.1 Å². The number of anilines is 2. The van der Waals surface area contributed by atoms with Crippen LogP contribution in [0.4, 0.5) is 17.1 Å². The number of fused-ring (bicyclic) bond motifs is 1. The fourth-order valence-corrected chi connectivity index (χ4v) is 3.43. The van der Waals surface area contributed by atoms with E-state index < -0.39 is 17.9 Å². The van der Waals surface area contributed by atoms with E-state index in [1.54, 1.807) is 30.3 Å². The molecule has 0 bridgehead atoms. The summed E-state index contributed by atoms with van der Waals surface area (Å²) in [6.07, 6.45) is 0. The molecule has 0 aliphatic rings. The smallest absolute Gasteiger partial charge is 0.423 e. The molecule has 0 saturated heterocycles. The molecule has 0 spiro atoms. The average Bonchev–Trinajstić information content (AvgIpc) is 3.29. The van der Waals surface area contributed by atoms with Gasteiger partial charge in [-0.3, -0.25) is 14.9 Å². The van der Waals surface area contributed by atoms with Crippen molar-refractivity contribution < 1.29 is 24.4 Å². The number of nitrogens with zero attached hydrogens (tertiary/aromatic N) is 3. The van der Waals surface area contributed by atoms with E-state index in [4.69, 9.17) is 11.6 Å². The second kappa shape index (κ2) is 9.24. The van der Waals surface area contributed by atoms with Crippen LogP contribution in [-0.4, -0.2) is 38.3 Å². The van der Waals surface area contributed by atoms with Crippen LogP contribution in [0.2, 0.25) is 5.02 Å². The van der Waals surface area contributed by atoms with E-state index in [1.807, 2.05) is 0 Å². The van der Waals surface area contributed by atoms with Gasteiger partial charge >= 0.3 is 12.8 Å². The first-order chi connectivity index (χ1) is 15.8. The zero-order valence-corrected chi connectivity index (χ0v) is 17.5. The number of aromatic nitrogens is 2. The fourth-order valence-electron chi connectivity index (χ4n) is 3.22. The molecule has 0 aliphatic heterocycles. The summed E-state index contributed by atoms with van der Waals surface area (Å²) in [6.45, 7) is 0.110. The number of carbonyl (C=O) groups excluding carboxylic acids is 1. The van der Waals surface area contributed by atoms with Crippen LogP contribution in [-0.2, 0) is 6.54 Å². The van der Waals surface area contributed by atoms with Crippen LogP contribution in [0, 0.1) is 10.1 Å². The minimum absolute atomic E-state index is 0.0171. The molecule has 1 amide bonds. The van der Waals surface area contributed by atoms with Gasteiger partial charge in [0.05, 0.1) is 21.9 Å². The molecule has 13 heteroatoms. The third kappa shape index (κ3) is 4.62. The van der Waals surface area contributed by atoms with Crippen LogP contribution < -0.4 is 16.1 Å². The van der Waals surface area contributed by atoms with E-state index in [9.17, 15) is 25.0 Å². The predicted octanol–water partition coefficient (Wildman–Crippen LogP) is 2.14. The lowest BCUT2D eigenvalue weighted by Crippen LogP contribution is -2.32. The van der Waals surface area contributed by atoms with Gasteiger partial charge in [0, 0.05) is 23.1 Å². The van der Waals surface area contributed by atoms with Crippen molar-refractivity contribution in [1.82, 2.24) is 15.6 Å². The third-order valence-corrected chi connectivity index (χ3v) is 5.17. The molecule has 11 nitrogen and oxygen atoms in total. The highest BCUT2D eigenvalue weighted by Gasteiger charge is 2.21. The van der Waals surface area contributed by atoms with Crippen molar-refractivity contribution in [3.8, 4) is 0 Å². The molecule has 33 heavy (non-hydrogen) atoms. The number of hydrogen-bond donors (Lipinski definition) is 4. The number of halogens is 1. The molecule has 0 saturated carbocycles. The van der Waals surface area contributed by atoms with Crippen LogP contribution in [0.1, 0.15) is 15.9 Å². The minimum atomic E-state index is -1.73. The average molecular weight is 468 g/mol. The molecule has 0 fully saturated rings. The highest BCUT2D eigenvalue weighted by Crippen LogP contribution is 2.31. The molecule has 4 aromatic rings. The van der Waals surface area contributed by atoms with Crippen LogP contribution in [0.3, 0.4) is 0 Å². The zero-order chi connectivity index (χ0) is 23.5. The van der Waals surface area contributed by atoms with Gasteiger partial charge in [-0.1, -0.05) is 35.9 Å². The SMILES string of the molecule is O=C(NCc1ccc(Cl)c(B(O)O)c1)c1ccccc1Nc1ccc([N+](=O)[O-])c2nonc12. The number of nitro benzene ring substituents is 1. The Labute approximate surface area is 191 Å². The van der Waals surface area contributed by atoms with Gasteiger partial charge < -0.3 is 20.7 Å². The lowest BCUT2D eigenvalue weighted by molar-refractivity contribution is -0.383. The Kier molecular flexibility index (Phi) is 6.22. The zero-order valence-electron chi connectivity index (χ0n) is 16.7.